The molecule has 2 N–H and O–H groups in total. The Bertz CT molecular complexity index is 1110. The number of nitrogens with one attached hydrogen (secondary N) is 1. The van der Waals surface area contributed by atoms with Crippen molar-refractivity contribution in [3.8, 4) is 23.1 Å². The molecule has 0 fully saturated rings. The van der Waals surface area contributed by atoms with Gasteiger partial charge < -0.3 is 14.8 Å². The number of phenolic OH excluding ortho intramolecular Hbond substituents is 1. The Morgan fingerprint density at radius 2 is 1.83 bits per heavy atom. The van der Waals surface area contributed by atoms with Gasteiger partial charge in [-0.15, -0.1) is 0 Å². The lowest BCUT2D eigenvalue weighted by Crippen LogP contribution is -2.13. The SMILES string of the molecule is N#C/C(=C/c1ccc(-c2cccc(C(F)(F)F)c2)o1)C(=O)Nc1ccc(O)cc1. The molecule has 1 aromatic heterocycles. The molecule has 0 aliphatic heterocycles. The topological polar surface area (TPSA) is 86.3 Å². The molecule has 2 aromatic carbocycles. The van der Waals surface area contributed by atoms with E-state index in [-0.39, 0.29) is 28.4 Å². The summed E-state index contributed by atoms with van der Waals surface area (Å²) in [5.41, 5.74) is -0.484. The van der Waals surface area contributed by atoms with Crippen molar-refractivity contribution in [2.75, 3.05) is 5.32 Å². The number of hydrogen-bond donors (Lipinski definition) is 2. The van der Waals surface area contributed by atoms with E-state index in [1.54, 1.807) is 6.07 Å². The fourth-order valence-corrected chi connectivity index (χ4v) is 2.47. The van der Waals surface area contributed by atoms with Gasteiger partial charge in [0.1, 0.15) is 28.9 Å². The van der Waals surface area contributed by atoms with E-state index in [9.17, 15) is 28.3 Å². The highest BCUT2D eigenvalue weighted by Crippen LogP contribution is 2.32. The number of phenols is 1. The molecule has 0 saturated carbocycles. The van der Waals surface area contributed by atoms with Crippen molar-refractivity contribution in [3.63, 3.8) is 0 Å². The Kier molecular flexibility index (Phi) is 5.41. The quantitative estimate of drug-likeness (QED) is 0.359. The van der Waals surface area contributed by atoms with Crippen molar-refractivity contribution in [2.45, 2.75) is 6.18 Å². The van der Waals surface area contributed by atoms with Crippen LogP contribution in [0.25, 0.3) is 17.4 Å². The number of aromatic hydroxyl groups is 1. The van der Waals surface area contributed by atoms with E-state index in [1.165, 1.54) is 54.6 Å². The first kappa shape index (κ1) is 19.8. The highest BCUT2D eigenvalue weighted by molar-refractivity contribution is 6.09. The van der Waals surface area contributed by atoms with Gasteiger partial charge in [-0.05, 0) is 48.5 Å². The average molecular weight is 398 g/mol. The fourth-order valence-electron chi connectivity index (χ4n) is 2.47. The van der Waals surface area contributed by atoms with E-state index in [0.29, 0.717) is 5.69 Å². The minimum Gasteiger partial charge on any atom is -0.508 e. The van der Waals surface area contributed by atoms with Gasteiger partial charge in [0, 0.05) is 17.3 Å². The van der Waals surface area contributed by atoms with Crippen LogP contribution < -0.4 is 5.32 Å². The van der Waals surface area contributed by atoms with Gasteiger partial charge in [0.2, 0.25) is 0 Å². The molecule has 0 aliphatic rings. The molecule has 0 atom stereocenters. The van der Waals surface area contributed by atoms with E-state index < -0.39 is 17.6 Å². The third-order valence-electron chi connectivity index (χ3n) is 3.88. The van der Waals surface area contributed by atoms with Crippen molar-refractivity contribution < 1.29 is 27.5 Å². The van der Waals surface area contributed by atoms with Crippen LogP contribution in [0.2, 0.25) is 0 Å². The summed E-state index contributed by atoms with van der Waals surface area (Å²) in [6.45, 7) is 0. The predicted molar refractivity (Wildman–Crippen MR) is 99.5 cm³/mol. The van der Waals surface area contributed by atoms with Crippen molar-refractivity contribution in [3.05, 3.63) is 77.6 Å². The second-order valence-corrected chi connectivity index (χ2v) is 5.95. The van der Waals surface area contributed by atoms with Crippen LogP contribution >= 0.6 is 0 Å². The van der Waals surface area contributed by atoms with Gasteiger partial charge in [-0.25, -0.2) is 0 Å². The van der Waals surface area contributed by atoms with Gasteiger partial charge >= 0.3 is 6.18 Å². The minimum atomic E-state index is -4.48. The molecule has 0 bridgehead atoms. The van der Waals surface area contributed by atoms with Crippen LogP contribution in [0.4, 0.5) is 18.9 Å². The summed E-state index contributed by atoms with van der Waals surface area (Å²) in [4.78, 5) is 12.2. The molecule has 29 heavy (non-hydrogen) atoms. The number of alkyl halides is 3. The Labute approximate surface area is 163 Å². The molecular weight excluding hydrogens is 385 g/mol. The molecule has 0 saturated heterocycles. The Morgan fingerprint density at radius 1 is 1.10 bits per heavy atom. The molecule has 1 amide bonds. The highest BCUT2D eigenvalue weighted by atomic mass is 19.4. The summed E-state index contributed by atoms with van der Waals surface area (Å²) < 4.78 is 44.1. The summed E-state index contributed by atoms with van der Waals surface area (Å²) in [5, 5.41) is 21.0. The predicted octanol–water partition coefficient (Wildman–Crippen LogP) is 5.22. The zero-order valence-electron chi connectivity index (χ0n) is 14.7. The van der Waals surface area contributed by atoms with Crippen molar-refractivity contribution in [1.82, 2.24) is 0 Å². The molecule has 5 nitrogen and oxygen atoms in total. The number of halogens is 3. The van der Waals surface area contributed by atoms with Crippen LogP contribution in [-0.4, -0.2) is 11.0 Å². The third kappa shape index (κ3) is 4.84. The molecule has 0 radical (unpaired) electrons. The Morgan fingerprint density at radius 3 is 2.48 bits per heavy atom. The number of amides is 1. The van der Waals surface area contributed by atoms with Crippen LogP contribution in [0.1, 0.15) is 11.3 Å². The zero-order valence-corrected chi connectivity index (χ0v) is 14.7. The Hall–Kier alpha value is -3.99. The largest absolute Gasteiger partial charge is 0.508 e. The molecule has 3 aromatic rings. The van der Waals surface area contributed by atoms with E-state index in [2.05, 4.69) is 5.32 Å². The van der Waals surface area contributed by atoms with Gasteiger partial charge in [0.05, 0.1) is 5.56 Å². The second kappa shape index (κ2) is 7.94. The summed E-state index contributed by atoms with van der Waals surface area (Å²) in [5.74, 6) is -0.375. The van der Waals surface area contributed by atoms with Crippen LogP contribution in [-0.2, 0) is 11.0 Å². The summed E-state index contributed by atoms with van der Waals surface area (Å²) in [6, 6.07) is 15.0. The molecule has 146 valence electrons. The van der Waals surface area contributed by atoms with Gasteiger partial charge in [-0.3, -0.25) is 4.79 Å². The van der Waals surface area contributed by atoms with E-state index in [1.807, 2.05) is 0 Å². The summed E-state index contributed by atoms with van der Waals surface area (Å²) >= 11 is 0. The van der Waals surface area contributed by atoms with Crippen molar-refractivity contribution in [1.29, 1.82) is 5.26 Å². The molecular formula is C21H13F3N2O3. The first-order chi connectivity index (χ1) is 13.8. The number of carbonyl (C=O) groups excluding carboxylic acids is 1. The maximum Gasteiger partial charge on any atom is 0.416 e. The number of nitriles is 1. The van der Waals surface area contributed by atoms with E-state index in [4.69, 9.17) is 4.42 Å². The summed E-state index contributed by atoms with van der Waals surface area (Å²) in [6.07, 6.45) is -3.29. The number of nitrogens with zero attached hydrogens (tertiary/aromatic N) is 1. The van der Waals surface area contributed by atoms with Crippen LogP contribution in [0.5, 0.6) is 5.75 Å². The van der Waals surface area contributed by atoms with Crippen LogP contribution in [0, 0.1) is 11.3 Å². The van der Waals surface area contributed by atoms with E-state index in [0.717, 1.165) is 12.1 Å². The number of benzene rings is 2. The standard InChI is InChI=1S/C21H13F3N2O3/c22-21(23,24)15-3-1-2-13(10-15)19-9-8-18(29-19)11-14(12-25)20(28)26-16-4-6-17(27)7-5-16/h1-11,27H,(H,26,28)/b14-11-. The molecule has 0 spiro atoms. The first-order valence-electron chi connectivity index (χ1n) is 8.26. The van der Waals surface area contributed by atoms with Crippen molar-refractivity contribution >= 4 is 17.7 Å². The van der Waals surface area contributed by atoms with Crippen LogP contribution in [0.3, 0.4) is 0 Å². The molecule has 8 heteroatoms. The number of carbonyl (C=O) groups is 1. The molecule has 1 heterocycles. The van der Waals surface area contributed by atoms with Gasteiger partial charge in [-0.2, -0.15) is 18.4 Å². The highest BCUT2D eigenvalue weighted by Gasteiger charge is 2.30. The molecule has 3 rings (SSSR count). The number of furan rings is 1. The lowest BCUT2D eigenvalue weighted by atomic mass is 10.1. The first-order valence-corrected chi connectivity index (χ1v) is 8.26. The van der Waals surface area contributed by atoms with E-state index >= 15 is 0 Å². The maximum atomic E-state index is 12.9. The van der Waals surface area contributed by atoms with Gasteiger partial charge in [0.15, 0.2) is 0 Å². The van der Waals surface area contributed by atoms with Gasteiger partial charge in [0.25, 0.3) is 5.91 Å². The zero-order chi connectivity index (χ0) is 21.0. The molecule has 0 unspecified atom stereocenters. The average Bonchev–Trinajstić information content (AvgIpc) is 3.16. The monoisotopic (exact) mass is 398 g/mol. The van der Waals surface area contributed by atoms with Crippen molar-refractivity contribution in [2.24, 2.45) is 0 Å². The fraction of sp³-hybridized carbons (Fsp3) is 0.0476. The normalized spacial score (nSPS) is 11.7. The second-order valence-electron chi connectivity index (χ2n) is 5.95. The lowest BCUT2D eigenvalue weighted by molar-refractivity contribution is -0.137. The van der Waals surface area contributed by atoms with Gasteiger partial charge in [-0.1, -0.05) is 12.1 Å². The lowest BCUT2D eigenvalue weighted by Gasteiger charge is -2.07. The number of hydrogen-bond acceptors (Lipinski definition) is 4. The Balaban J connectivity index is 1.81. The maximum absolute atomic E-state index is 12.9. The number of anilines is 1. The number of rotatable bonds is 4. The molecule has 0 aliphatic carbocycles. The smallest absolute Gasteiger partial charge is 0.416 e. The third-order valence-corrected chi connectivity index (χ3v) is 3.88. The minimum absolute atomic E-state index is 0.0248. The van der Waals surface area contributed by atoms with Crippen LogP contribution in [0.15, 0.2) is 70.7 Å². The summed E-state index contributed by atoms with van der Waals surface area (Å²) in [7, 11) is 0.